The molecule has 0 saturated carbocycles. The summed E-state index contributed by atoms with van der Waals surface area (Å²) < 4.78 is 20.9. The van der Waals surface area contributed by atoms with E-state index >= 15 is 0 Å². The number of anilines is 2. The monoisotopic (exact) mass is 817 g/mol. The van der Waals surface area contributed by atoms with Crippen LogP contribution in [0.4, 0.5) is 21.0 Å². The smallest absolute Gasteiger partial charge is 0.411 e. The number of hydrogen-bond acceptors (Lipinski definition) is 10. The molecule has 3 N–H and O–H groups in total. The van der Waals surface area contributed by atoms with Crippen LogP contribution in [0.1, 0.15) is 59.1 Å². The molecule has 4 rings (SSSR count). The van der Waals surface area contributed by atoms with E-state index in [9.17, 15) is 28.8 Å². The predicted octanol–water partition coefficient (Wildman–Crippen LogP) is 7.45. The summed E-state index contributed by atoms with van der Waals surface area (Å²) in [5.41, 5.74) is 7.05. The van der Waals surface area contributed by atoms with Gasteiger partial charge in [-0.1, -0.05) is 86.0 Å². The molecule has 0 spiro atoms. The van der Waals surface area contributed by atoms with Crippen LogP contribution >= 0.6 is 0 Å². The molecular weight excluding hydrogens is 767 g/mol. The maximum atomic E-state index is 12.4. The molecule has 0 fully saturated rings. The van der Waals surface area contributed by atoms with Gasteiger partial charge in [-0.05, 0) is 102 Å². The normalized spacial score (nSPS) is 10.4. The zero-order valence-electron chi connectivity index (χ0n) is 33.6. The quantitative estimate of drug-likeness (QED) is 0.0279. The third-order valence-electron chi connectivity index (χ3n) is 8.87. The Balaban J connectivity index is 1.04. The van der Waals surface area contributed by atoms with E-state index in [4.69, 9.17) is 18.9 Å². The summed E-state index contributed by atoms with van der Waals surface area (Å²) in [4.78, 5) is 71.1. The topological polar surface area (TPSA) is 175 Å². The number of rotatable bonds is 24. The number of hydrogen-bond donors (Lipinski definition) is 3. The van der Waals surface area contributed by atoms with Crippen LogP contribution < -0.4 is 16.0 Å². The van der Waals surface area contributed by atoms with E-state index < -0.39 is 12.2 Å². The number of nitrogens with one attached hydrogen (secondary N) is 3. The molecule has 3 amide bonds. The Morgan fingerprint density at radius 3 is 1.28 bits per heavy atom. The first kappa shape index (κ1) is 45.7. The number of ketones is 1. The van der Waals surface area contributed by atoms with Crippen LogP contribution in [0.5, 0.6) is 0 Å². The molecule has 0 radical (unpaired) electrons. The molecular formula is C47H51N3O10. The molecule has 4 aromatic carbocycles. The van der Waals surface area contributed by atoms with Crippen molar-refractivity contribution in [3.8, 4) is 0 Å². The molecule has 0 aliphatic carbocycles. The molecule has 0 bridgehead atoms. The van der Waals surface area contributed by atoms with Crippen molar-refractivity contribution in [2.75, 3.05) is 43.6 Å². The van der Waals surface area contributed by atoms with Gasteiger partial charge >= 0.3 is 24.1 Å². The van der Waals surface area contributed by atoms with Crippen molar-refractivity contribution in [2.45, 2.75) is 51.4 Å². The van der Waals surface area contributed by atoms with Crippen LogP contribution in [-0.4, -0.2) is 68.8 Å². The van der Waals surface area contributed by atoms with E-state index in [0.29, 0.717) is 43.5 Å². The van der Waals surface area contributed by atoms with E-state index in [2.05, 4.69) is 29.1 Å². The van der Waals surface area contributed by atoms with Crippen LogP contribution in [-0.2, 0) is 63.8 Å². The lowest BCUT2D eigenvalue weighted by molar-refractivity contribution is -0.143. The maximum absolute atomic E-state index is 12.4. The Kier molecular flexibility index (Phi) is 19.3. The predicted molar refractivity (Wildman–Crippen MR) is 228 cm³/mol. The van der Waals surface area contributed by atoms with Crippen LogP contribution in [0.25, 0.3) is 0 Å². The Bertz CT molecular complexity index is 1900. The minimum atomic E-state index is -0.586. The molecule has 0 aliphatic rings. The van der Waals surface area contributed by atoms with Crippen LogP contribution in [0.2, 0.25) is 0 Å². The van der Waals surface area contributed by atoms with E-state index in [1.807, 2.05) is 72.8 Å². The van der Waals surface area contributed by atoms with Crippen molar-refractivity contribution in [3.05, 3.63) is 156 Å². The van der Waals surface area contributed by atoms with E-state index in [-0.39, 0.29) is 75.9 Å². The number of allylic oxidation sites excluding steroid dienone is 1. The van der Waals surface area contributed by atoms with Crippen molar-refractivity contribution in [1.82, 2.24) is 5.32 Å². The minimum absolute atomic E-state index is 0.0905. The van der Waals surface area contributed by atoms with E-state index in [0.717, 1.165) is 39.5 Å². The number of ether oxygens (including phenoxy) is 4. The molecule has 60 heavy (non-hydrogen) atoms. The number of carbonyl (C=O) groups excluding carboxylic acids is 6. The van der Waals surface area contributed by atoms with Gasteiger partial charge in [-0.3, -0.25) is 29.8 Å². The number of esters is 2. The molecule has 0 atom stereocenters. The van der Waals surface area contributed by atoms with Crippen molar-refractivity contribution in [1.29, 1.82) is 0 Å². The first-order chi connectivity index (χ1) is 29.1. The standard InChI is InChI=1S/C47H51N3O10/c1-3-42(51)8-7-28-60-47(56)50-41-23-19-37(20-24-41)31-36-17-21-40(22-18-36)49-46(55)59-27-6-5-26-57-44(53)32-38-13-9-34(10-14-38)30-35-11-15-39(16-12-35)33-45(54)58-29-25-48-43(52)4-2/h3-4,9-24H,1-2,5-8,25-33H2,(H,48,52)(H,49,55)(H,50,56). The van der Waals surface area contributed by atoms with Crippen LogP contribution in [0, 0.1) is 0 Å². The summed E-state index contributed by atoms with van der Waals surface area (Å²) in [5.74, 6) is -1.11. The van der Waals surface area contributed by atoms with Gasteiger partial charge in [0.15, 0.2) is 5.78 Å². The molecule has 4 aromatic rings. The zero-order chi connectivity index (χ0) is 43.0. The lowest BCUT2D eigenvalue weighted by Crippen LogP contribution is -2.26. The molecule has 0 aliphatic heterocycles. The van der Waals surface area contributed by atoms with E-state index in [1.54, 1.807) is 24.3 Å². The van der Waals surface area contributed by atoms with Crippen molar-refractivity contribution >= 4 is 47.2 Å². The highest BCUT2D eigenvalue weighted by Gasteiger charge is 2.10. The van der Waals surface area contributed by atoms with Gasteiger partial charge in [0.25, 0.3) is 0 Å². The van der Waals surface area contributed by atoms with E-state index in [1.165, 1.54) is 6.08 Å². The zero-order valence-corrected chi connectivity index (χ0v) is 33.6. The SMILES string of the molecule is C=CC(=O)CCCOC(=O)Nc1ccc(Cc2ccc(NC(=O)OCCCCOC(=O)Cc3ccc(Cc4ccc(CC(=O)OCCNC(=O)C=C)cc4)cc3)cc2)cc1. The summed E-state index contributed by atoms with van der Waals surface area (Å²) >= 11 is 0. The van der Waals surface area contributed by atoms with Gasteiger partial charge in [0.1, 0.15) is 6.61 Å². The van der Waals surface area contributed by atoms with Gasteiger partial charge in [0.2, 0.25) is 5.91 Å². The number of unbranched alkanes of at least 4 members (excludes halogenated alkanes) is 1. The second kappa shape index (κ2) is 25.4. The average Bonchev–Trinajstić information content (AvgIpc) is 3.25. The summed E-state index contributed by atoms with van der Waals surface area (Å²) in [6.07, 6.45) is 4.66. The highest BCUT2D eigenvalue weighted by atomic mass is 16.6. The maximum Gasteiger partial charge on any atom is 0.411 e. The fourth-order valence-electron chi connectivity index (χ4n) is 5.66. The highest BCUT2D eigenvalue weighted by molar-refractivity contribution is 5.89. The fraction of sp³-hybridized carbons (Fsp3) is 0.277. The van der Waals surface area contributed by atoms with Crippen LogP contribution in [0.3, 0.4) is 0 Å². The molecule has 0 unspecified atom stereocenters. The van der Waals surface area contributed by atoms with Crippen LogP contribution in [0.15, 0.2) is 122 Å². The Morgan fingerprint density at radius 1 is 0.467 bits per heavy atom. The Hall–Kier alpha value is -7.02. The molecule has 0 heterocycles. The minimum Gasteiger partial charge on any atom is -0.465 e. The molecule has 314 valence electrons. The molecule has 13 heteroatoms. The van der Waals surface area contributed by atoms with Gasteiger partial charge < -0.3 is 24.3 Å². The van der Waals surface area contributed by atoms with Gasteiger partial charge in [0, 0.05) is 17.8 Å². The lowest BCUT2D eigenvalue weighted by Gasteiger charge is -2.09. The Labute approximate surface area is 350 Å². The highest BCUT2D eigenvalue weighted by Crippen LogP contribution is 2.17. The molecule has 0 aromatic heterocycles. The van der Waals surface area contributed by atoms with Gasteiger partial charge in [0.05, 0.1) is 39.2 Å². The van der Waals surface area contributed by atoms with Gasteiger partial charge in [-0.15, -0.1) is 0 Å². The fourth-order valence-corrected chi connectivity index (χ4v) is 5.66. The average molecular weight is 818 g/mol. The first-order valence-corrected chi connectivity index (χ1v) is 19.7. The number of carbonyl (C=O) groups is 6. The summed E-state index contributed by atoms with van der Waals surface area (Å²) in [5, 5.41) is 7.92. The second-order valence-corrected chi connectivity index (χ2v) is 13.7. The van der Waals surface area contributed by atoms with Crippen molar-refractivity contribution in [2.24, 2.45) is 0 Å². The molecule has 0 saturated heterocycles. The third kappa shape index (κ3) is 18.1. The van der Waals surface area contributed by atoms with Gasteiger partial charge in [-0.25, -0.2) is 9.59 Å². The second-order valence-electron chi connectivity index (χ2n) is 13.7. The third-order valence-corrected chi connectivity index (χ3v) is 8.87. The first-order valence-electron chi connectivity index (χ1n) is 19.7. The van der Waals surface area contributed by atoms with Crippen molar-refractivity contribution in [3.63, 3.8) is 0 Å². The number of benzene rings is 4. The van der Waals surface area contributed by atoms with Crippen molar-refractivity contribution < 1.29 is 47.7 Å². The summed E-state index contributed by atoms with van der Waals surface area (Å²) in [6.45, 7) is 7.63. The Morgan fingerprint density at radius 2 is 0.850 bits per heavy atom. The largest absolute Gasteiger partial charge is 0.465 e. The summed E-state index contributed by atoms with van der Waals surface area (Å²) in [7, 11) is 0. The summed E-state index contributed by atoms with van der Waals surface area (Å²) in [6, 6.07) is 30.2. The molecule has 13 nitrogen and oxygen atoms in total. The number of amides is 3. The van der Waals surface area contributed by atoms with Gasteiger partial charge in [-0.2, -0.15) is 0 Å². The lowest BCUT2D eigenvalue weighted by atomic mass is 10.0.